The Kier molecular flexibility index (Phi) is 5.27. The van der Waals surface area contributed by atoms with Crippen LogP contribution in [0, 0.1) is 17.0 Å². The highest BCUT2D eigenvalue weighted by atomic mass is 19.2. The van der Waals surface area contributed by atoms with Crippen molar-refractivity contribution in [1.29, 1.82) is 0 Å². The summed E-state index contributed by atoms with van der Waals surface area (Å²) >= 11 is 0. The van der Waals surface area contributed by atoms with Crippen LogP contribution in [0.3, 0.4) is 0 Å². The molecule has 0 bridgehead atoms. The quantitative estimate of drug-likeness (QED) is 0.890. The lowest BCUT2D eigenvalue weighted by atomic mass is 9.72. The maximum atomic E-state index is 13.9. The second-order valence-corrected chi connectivity index (χ2v) is 7.52. The number of piperidine rings is 2. The number of rotatable bonds is 4. The highest BCUT2D eigenvalue weighted by Crippen LogP contribution is 2.41. The topological polar surface area (TPSA) is 60.9 Å². The molecule has 0 aromatic heterocycles. The Morgan fingerprint density at radius 2 is 1.96 bits per heavy atom. The van der Waals surface area contributed by atoms with Gasteiger partial charge in [0.2, 0.25) is 5.91 Å². The second-order valence-electron chi connectivity index (χ2n) is 7.52. The molecule has 1 aromatic rings. The Labute approximate surface area is 151 Å². The Morgan fingerprint density at radius 1 is 1.27 bits per heavy atom. The zero-order chi connectivity index (χ0) is 18.9. The smallest absolute Gasteiger partial charge is 0.326 e. The van der Waals surface area contributed by atoms with Gasteiger partial charge in [0.15, 0.2) is 11.6 Å². The van der Waals surface area contributed by atoms with Crippen molar-refractivity contribution in [2.24, 2.45) is 5.41 Å². The summed E-state index contributed by atoms with van der Waals surface area (Å²) in [6, 6.07) is 3.40. The number of hydrogen-bond acceptors (Lipinski definition) is 3. The van der Waals surface area contributed by atoms with E-state index < -0.39 is 23.6 Å². The summed E-state index contributed by atoms with van der Waals surface area (Å²) in [6.07, 6.45) is 2.77. The molecule has 0 unspecified atom stereocenters. The van der Waals surface area contributed by atoms with Gasteiger partial charge >= 0.3 is 5.97 Å². The van der Waals surface area contributed by atoms with Crippen molar-refractivity contribution in [2.45, 2.75) is 45.2 Å². The van der Waals surface area contributed by atoms with E-state index in [0.717, 1.165) is 38.4 Å². The molecular weight excluding hydrogens is 342 g/mol. The number of carboxylic acid groups (broad SMARTS) is 1. The predicted octanol–water partition coefficient (Wildman–Crippen LogP) is 2.64. The van der Waals surface area contributed by atoms with Crippen LogP contribution in [-0.4, -0.2) is 52.5 Å². The van der Waals surface area contributed by atoms with Crippen molar-refractivity contribution in [3.63, 3.8) is 0 Å². The lowest BCUT2D eigenvalue weighted by Gasteiger charge is -2.48. The van der Waals surface area contributed by atoms with Crippen molar-refractivity contribution in [3.8, 4) is 0 Å². The lowest BCUT2D eigenvalue weighted by Crippen LogP contribution is -2.55. The standard InChI is InChI=1S/C19H24F2N2O3/c1-13(18(25)26)23-12-19(6-5-16(23)24)7-9-22(10-8-19)11-14-3-2-4-15(20)17(14)21/h2-4,13H,5-12H2,1H3,(H,25,26)/t13-/m1/s1. The predicted molar refractivity (Wildman–Crippen MR) is 91.3 cm³/mol. The van der Waals surface area contributed by atoms with E-state index in [1.807, 2.05) is 0 Å². The van der Waals surface area contributed by atoms with Crippen molar-refractivity contribution in [3.05, 3.63) is 35.4 Å². The molecule has 1 N–H and O–H groups in total. The van der Waals surface area contributed by atoms with Crippen LogP contribution < -0.4 is 0 Å². The molecule has 142 valence electrons. The van der Waals surface area contributed by atoms with Gasteiger partial charge in [-0.2, -0.15) is 0 Å². The van der Waals surface area contributed by atoms with Crippen LogP contribution in [0.5, 0.6) is 0 Å². The number of benzene rings is 1. The van der Waals surface area contributed by atoms with Gasteiger partial charge in [-0.25, -0.2) is 13.6 Å². The molecule has 7 heteroatoms. The summed E-state index contributed by atoms with van der Waals surface area (Å²) in [5.41, 5.74) is 0.273. The fraction of sp³-hybridized carbons (Fsp3) is 0.579. The first-order valence-electron chi connectivity index (χ1n) is 8.99. The Morgan fingerprint density at radius 3 is 2.62 bits per heavy atom. The number of nitrogens with zero attached hydrogens (tertiary/aromatic N) is 2. The fourth-order valence-corrected chi connectivity index (χ4v) is 4.04. The first kappa shape index (κ1) is 18.8. The van der Waals surface area contributed by atoms with Crippen molar-refractivity contribution >= 4 is 11.9 Å². The van der Waals surface area contributed by atoms with Crippen molar-refractivity contribution in [2.75, 3.05) is 19.6 Å². The molecule has 5 nitrogen and oxygen atoms in total. The van der Waals surface area contributed by atoms with Crippen LogP contribution in [0.15, 0.2) is 18.2 Å². The number of amides is 1. The lowest BCUT2D eigenvalue weighted by molar-refractivity contribution is -0.155. The van der Waals surface area contributed by atoms with Gasteiger partial charge < -0.3 is 10.0 Å². The zero-order valence-electron chi connectivity index (χ0n) is 14.9. The van der Waals surface area contributed by atoms with E-state index in [-0.39, 0.29) is 11.3 Å². The molecule has 2 fully saturated rings. The van der Waals surface area contributed by atoms with Gasteiger partial charge in [-0.3, -0.25) is 9.69 Å². The minimum atomic E-state index is -0.991. The number of carboxylic acids is 1. The Bertz CT molecular complexity index is 702. The second kappa shape index (κ2) is 7.31. The summed E-state index contributed by atoms with van der Waals surface area (Å²) in [5.74, 6) is -2.72. The van der Waals surface area contributed by atoms with Crippen LogP contribution >= 0.6 is 0 Å². The number of carbonyl (C=O) groups excluding carboxylic acids is 1. The molecule has 2 heterocycles. The molecule has 1 spiro atoms. The van der Waals surface area contributed by atoms with E-state index in [0.29, 0.717) is 25.1 Å². The fourth-order valence-electron chi connectivity index (χ4n) is 4.04. The molecule has 1 aromatic carbocycles. The summed E-state index contributed by atoms with van der Waals surface area (Å²) in [5, 5.41) is 9.23. The molecule has 1 amide bonds. The van der Waals surface area contributed by atoms with E-state index in [9.17, 15) is 23.5 Å². The highest BCUT2D eigenvalue weighted by Gasteiger charge is 2.43. The van der Waals surface area contributed by atoms with Gasteiger partial charge in [-0.05, 0) is 50.8 Å². The molecule has 2 aliphatic rings. The first-order chi connectivity index (χ1) is 12.3. The molecule has 3 rings (SSSR count). The normalized spacial score (nSPS) is 21.8. The SMILES string of the molecule is C[C@H](C(=O)O)N1CC2(CCC1=O)CCN(Cc1cccc(F)c1F)CC2. The van der Waals surface area contributed by atoms with E-state index in [1.165, 1.54) is 11.0 Å². The molecule has 2 saturated heterocycles. The van der Waals surface area contributed by atoms with Crippen LogP contribution in [0.4, 0.5) is 8.78 Å². The first-order valence-corrected chi connectivity index (χ1v) is 8.99. The third-order valence-corrected chi connectivity index (χ3v) is 5.86. The van der Waals surface area contributed by atoms with Gasteiger partial charge in [0.25, 0.3) is 0 Å². The molecular formula is C19H24F2N2O3. The van der Waals surface area contributed by atoms with Crippen LogP contribution in [0.2, 0.25) is 0 Å². The van der Waals surface area contributed by atoms with Crippen LogP contribution in [0.25, 0.3) is 0 Å². The highest BCUT2D eigenvalue weighted by molar-refractivity contribution is 5.84. The van der Waals surface area contributed by atoms with Crippen molar-refractivity contribution in [1.82, 2.24) is 9.80 Å². The van der Waals surface area contributed by atoms with E-state index in [2.05, 4.69) is 4.90 Å². The largest absolute Gasteiger partial charge is 0.480 e. The van der Waals surface area contributed by atoms with Crippen LogP contribution in [-0.2, 0) is 16.1 Å². The minimum absolute atomic E-state index is 0.0748. The van der Waals surface area contributed by atoms with Gasteiger partial charge in [0, 0.05) is 25.1 Å². The summed E-state index contributed by atoms with van der Waals surface area (Å²) < 4.78 is 27.2. The Balaban J connectivity index is 1.63. The van der Waals surface area contributed by atoms with E-state index in [1.54, 1.807) is 13.0 Å². The summed E-state index contributed by atoms with van der Waals surface area (Å²) in [7, 11) is 0. The van der Waals surface area contributed by atoms with Gasteiger partial charge in [-0.1, -0.05) is 12.1 Å². The monoisotopic (exact) mass is 366 g/mol. The number of carbonyl (C=O) groups is 2. The maximum Gasteiger partial charge on any atom is 0.326 e. The Hall–Kier alpha value is -2.02. The summed E-state index contributed by atoms with van der Waals surface area (Å²) in [6.45, 7) is 3.80. The third-order valence-electron chi connectivity index (χ3n) is 5.86. The summed E-state index contributed by atoms with van der Waals surface area (Å²) in [4.78, 5) is 26.9. The molecule has 0 saturated carbocycles. The van der Waals surface area contributed by atoms with Gasteiger partial charge in [0.1, 0.15) is 6.04 Å². The molecule has 26 heavy (non-hydrogen) atoms. The molecule has 2 aliphatic heterocycles. The van der Waals surface area contributed by atoms with Gasteiger partial charge in [0.05, 0.1) is 0 Å². The van der Waals surface area contributed by atoms with Crippen molar-refractivity contribution < 1.29 is 23.5 Å². The average molecular weight is 366 g/mol. The number of halogens is 2. The zero-order valence-corrected chi connectivity index (χ0v) is 14.9. The van der Waals surface area contributed by atoms with E-state index >= 15 is 0 Å². The maximum absolute atomic E-state index is 13.9. The number of likely N-dealkylation sites (tertiary alicyclic amines) is 2. The molecule has 0 aliphatic carbocycles. The average Bonchev–Trinajstić information content (AvgIpc) is 2.62. The van der Waals surface area contributed by atoms with Crippen LogP contribution in [0.1, 0.15) is 38.2 Å². The minimum Gasteiger partial charge on any atom is -0.480 e. The van der Waals surface area contributed by atoms with E-state index in [4.69, 9.17) is 0 Å². The number of aliphatic carboxylic acids is 1. The van der Waals surface area contributed by atoms with Gasteiger partial charge in [-0.15, -0.1) is 0 Å². The molecule has 1 atom stereocenters. The number of hydrogen-bond donors (Lipinski definition) is 1. The molecule has 0 radical (unpaired) electrons. The third kappa shape index (κ3) is 3.72.